The molecule has 0 saturated heterocycles. The van der Waals surface area contributed by atoms with Gasteiger partial charge < -0.3 is 14.6 Å². The van der Waals surface area contributed by atoms with Crippen molar-refractivity contribution in [1.82, 2.24) is 15.2 Å². The van der Waals surface area contributed by atoms with Crippen molar-refractivity contribution in [3.63, 3.8) is 0 Å². The zero-order chi connectivity index (χ0) is 23.5. The summed E-state index contributed by atoms with van der Waals surface area (Å²) in [7, 11) is 1.78. The van der Waals surface area contributed by atoms with Crippen molar-refractivity contribution < 1.29 is 14.0 Å². The van der Waals surface area contributed by atoms with Gasteiger partial charge in [0, 0.05) is 19.0 Å². The van der Waals surface area contributed by atoms with Crippen LogP contribution in [0.1, 0.15) is 39.7 Å². The lowest BCUT2D eigenvalue weighted by molar-refractivity contribution is 0.0671. The number of furan rings is 1. The average molecular weight is 462 g/mol. The summed E-state index contributed by atoms with van der Waals surface area (Å²) in [5, 5.41) is 4.62. The number of aromatic nitrogens is 1. The number of hydrogen-bond acceptors (Lipinski definition) is 5. The third-order valence-corrected chi connectivity index (χ3v) is 6.79. The molecule has 2 amide bonds. The summed E-state index contributed by atoms with van der Waals surface area (Å²) in [4.78, 5) is 33.5. The lowest BCUT2D eigenvalue weighted by atomic mass is 10.0. The number of benzene rings is 2. The lowest BCUT2D eigenvalue weighted by Gasteiger charge is -2.31. The minimum atomic E-state index is -0.198. The van der Waals surface area contributed by atoms with E-state index in [4.69, 9.17) is 4.42 Å². The maximum atomic E-state index is 13.5. The van der Waals surface area contributed by atoms with Crippen LogP contribution >= 0.6 is 11.3 Å². The van der Waals surface area contributed by atoms with Gasteiger partial charge in [-0.05, 0) is 36.6 Å². The zero-order valence-corrected chi connectivity index (χ0v) is 20.0. The summed E-state index contributed by atoms with van der Waals surface area (Å²) in [5.74, 6) is -0.213. The van der Waals surface area contributed by atoms with Crippen LogP contribution in [0, 0.1) is 12.8 Å². The van der Waals surface area contributed by atoms with Crippen molar-refractivity contribution in [2.24, 2.45) is 5.92 Å². The topological polar surface area (TPSA) is 75.4 Å². The molecule has 4 aromatic rings. The van der Waals surface area contributed by atoms with Crippen LogP contribution in [0.4, 0.5) is 0 Å². The van der Waals surface area contributed by atoms with Crippen molar-refractivity contribution in [1.29, 1.82) is 0 Å². The Hall–Kier alpha value is -3.45. The normalized spacial score (nSPS) is 12.2. The SMILES string of the molecule is Cc1nc(C(=O)N(C)[C@@H](CNC(=O)c2cccc3occc23)C(C)C)c(-c2ccccc2)s1. The van der Waals surface area contributed by atoms with Gasteiger partial charge in [-0.3, -0.25) is 9.59 Å². The number of nitrogens with one attached hydrogen (secondary N) is 1. The van der Waals surface area contributed by atoms with Crippen LogP contribution in [0.2, 0.25) is 0 Å². The van der Waals surface area contributed by atoms with Crippen LogP contribution in [0.15, 0.2) is 65.3 Å². The Morgan fingerprint density at radius 2 is 1.85 bits per heavy atom. The molecule has 6 nitrogen and oxygen atoms in total. The van der Waals surface area contributed by atoms with Crippen LogP contribution in [-0.2, 0) is 0 Å². The first kappa shape index (κ1) is 22.7. The predicted octanol–water partition coefficient (Wildman–Crippen LogP) is 5.39. The number of likely N-dealkylation sites (N-methyl/N-ethyl adjacent to an activating group) is 1. The van der Waals surface area contributed by atoms with E-state index < -0.39 is 0 Å². The predicted molar refractivity (Wildman–Crippen MR) is 132 cm³/mol. The Kier molecular flexibility index (Phi) is 6.60. The molecule has 0 radical (unpaired) electrons. The van der Waals surface area contributed by atoms with Crippen LogP contribution in [0.5, 0.6) is 0 Å². The number of rotatable bonds is 7. The molecule has 0 fully saturated rings. The monoisotopic (exact) mass is 461 g/mol. The molecule has 0 saturated carbocycles. The first-order valence-electron chi connectivity index (χ1n) is 10.9. The highest BCUT2D eigenvalue weighted by Crippen LogP contribution is 2.31. The average Bonchev–Trinajstić information content (AvgIpc) is 3.45. The fourth-order valence-corrected chi connectivity index (χ4v) is 4.90. The number of hydrogen-bond donors (Lipinski definition) is 1. The van der Waals surface area contributed by atoms with Gasteiger partial charge in [0.1, 0.15) is 11.3 Å². The molecule has 1 atom stereocenters. The van der Waals surface area contributed by atoms with Gasteiger partial charge in [-0.15, -0.1) is 11.3 Å². The smallest absolute Gasteiger partial charge is 0.274 e. The van der Waals surface area contributed by atoms with E-state index in [9.17, 15) is 9.59 Å². The molecule has 0 unspecified atom stereocenters. The van der Waals surface area contributed by atoms with E-state index in [1.54, 1.807) is 36.4 Å². The Morgan fingerprint density at radius 1 is 1.09 bits per heavy atom. The number of nitrogens with zero attached hydrogens (tertiary/aromatic N) is 2. The van der Waals surface area contributed by atoms with Gasteiger partial charge in [-0.25, -0.2) is 4.98 Å². The van der Waals surface area contributed by atoms with Crippen LogP contribution < -0.4 is 5.32 Å². The second-order valence-corrected chi connectivity index (χ2v) is 9.56. The zero-order valence-electron chi connectivity index (χ0n) is 19.2. The summed E-state index contributed by atoms with van der Waals surface area (Å²) in [6.07, 6.45) is 1.57. The fraction of sp³-hybridized carbons (Fsp3) is 0.269. The molecule has 2 heterocycles. The Balaban J connectivity index is 1.53. The highest BCUT2D eigenvalue weighted by Gasteiger charge is 2.28. The van der Waals surface area contributed by atoms with Gasteiger partial charge in [0.25, 0.3) is 11.8 Å². The summed E-state index contributed by atoms with van der Waals surface area (Å²) < 4.78 is 5.40. The number of aryl methyl sites for hydroxylation is 1. The molecule has 0 spiro atoms. The lowest BCUT2D eigenvalue weighted by Crippen LogP contribution is -2.47. The molecule has 2 aromatic heterocycles. The molecule has 33 heavy (non-hydrogen) atoms. The van der Waals surface area contributed by atoms with Gasteiger partial charge in [0.2, 0.25) is 0 Å². The highest BCUT2D eigenvalue weighted by atomic mass is 32.1. The number of carbonyl (C=O) groups excluding carboxylic acids is 2. The van der Waals surface area contributed by atoms with E-state index in [1.807, 2.05) is 57.2 Å². The quantitative estimate of drug-likeness (QED) is 0.400. The maximum absolute atomic E-state index is 13.5. The Labute approximate surface area is 197 Å². The van der Waals surface area contributed by atoms with Crippen LogP contribution in [0.25, 0.3) is 21.4 Å². The maximum Gasteiger partial charge on any atom is 0.274 e. The third-order valence-electron chi connectivity index (χ3n) is 5.77. The van der Waals surface area contributed by atoms with E-state index in [0.29, 0.717) is 23.4 Å². The minimum Gasteiger partial charge on any atom is -0.464 e. The van der Waals surface area contributed by atoms with Gasteiger partial charge in [-0.1, -0.05) is 50.2 Å². The second kappa shape index (κ2) is 9.58. The van der Waals surface area contributed by atoms with Crippen LogP contribution in [0.3, 0.4) is 0 Å². The van der Waals surface area contributed by atoms with Gasteiger partial charge >= 0.3 is 0 Å². The largest absolute Gasteiger partial charge is 0.464 e. The number of amides is 2. The molecular formula is C26H27N3O3S. The van der Waals surface area contributed by atoms with Crippen molar-refractivity contribution in [3.8, 4) is 10.4 Å². The summed E-state index contributed by atoms with van der Waals surface area (Å²) >= 11 is 1.51. The minimum absolute atomic E-state index is 0.129. The number of thiazole rings is 1. The van der Waals surface area contributed by atoms with E-state index in [1.165, 1.54) is 11.3 Å². The fourth-order valence-electron chi connectivity index (χ4n) is 3.98. The molecule has 4 rings (SSSR count). The second-order valence-electron chi connectivity index (χ2n) is 8.35. The molecule has 1 N–H and O–H groups in total. The van der Waals surface area contributed by atoms with Gasteiger partial charge in [0.15, 0.2) is 0 Å². The van der Waals surface area contributed by atoms with E-state index in [0.717, 1.165) is 20.8 Å². The first-order valence-corrected chi connectivity index (χ1v) is 11.7. The standard InChI is InChI=1S/C26H27N3O3S/c1-16(2)21(15-27-25(30)20-11-8-12-22-19(20)13-14-32-22)29(4)26(31)23-24(33-17(3)28-23)18-9-6-5-7-10-18/h5-14,16,21H,15H2,1-4H3,(H,27,30)/t21-/m0/s1. The number of carbonyl (C=O) groups is 2. The molecule has 170 valence electrons. The first-order chi connectivity index (χ1) is 15.9. The van der Waals surface area contributed by atoms with Crippen molar-refractivity contribution in [2.45, 2.75) is 26.8 Å². The van der Waals surface area contributed by atoms with Crippen LogP contribution in [-0.4, -0.2) is 41.3 Å². The van der Waals surface area contributed by atoms with Crippen molar-refractivity contribution in [3.05, 3.63) is 77.1 Å². The Morgan fingerprint density at radius 3 is 2.58 bits per heavy atom. The molecule has 2 aromatic carbocycles. The van der Waals surface area contributed by atoms with Gasteiger partial charge in [-0.2, -0.15) is 0 Å². The van der Waals surface area contributed by atoms with E-state index >= 15 is 0 Å². The molecule has 0 bridgehead atoms. The summed E-state index contributed by atoms with van der Waals surface area (Å²) in [6, 6.07) is 16.8. The van der Waals surface area contributed by atoms with E-state index in [2.05, 4.69) is 10.3 Å². The van der Waals surface area contributed by atoms with Gasteiger partial charge in [0.05, 0.1) is 27.8 Å². The molecule has 0 aliphatic heterocycles. The van der Waals surface area contributed by atoms with Crippen molar-refractivity contribution in [2.75, 3.05) is 13.6 Å². The summed E-state index contributed by atoms with van der Waals surface area (Å²) in [6.45, 7) is 6.32. The molecule has 0 aliphatic carbocycles. The van der Waals surface area contributed by atoms with E-state index in [-0.39, 0.29) is 23.8 Å². The van der Waals surface area contributed by atoms with Crippen molar-refractivity contribution >= 4 is 34.1 Å². The molecule has 7 heteroatoms. The Bertz CT molecular complexity index is 1280. The molecule has 0 aliphatic rings. The number of fused-ring (bicyclic) bond motifs is 1. The summed E-state index contributed by atoms with van der Waals surface area (Å²) in [5.41, 5.74) is 2.65. The highest BCUT2D eigenvalue weighted by molar-refractivity contribution is 7.15. The third kappa shape index (κ3) is 4.68. The molecular weight excluding hydrogens is 434 g/mol.